The van der Waals surface area contributed by atoms with Gasteiger partial charge >= 0.3 is 0 Å². The first kappa shape index (κ1) is 12.2. The molecule has 0 aliphatic rings. The molecule has 84 valence electrons. The molecule has 1 atom stereocenters. The van der Waals surface area contributed by atoms with Crippen molar-refractivity contribution < 1.29 is 4.74 Å². The molecular weight excluding hydrogens is 258 g/mol. The monoisotopic (exact) mass is 273 g/mol. The lowest BCUT2D eigenvalue weighted by Crippen LogP contribution is -2.25. The summed E-state index contributed by atoms with van der Waals surface area (Å²) >= 11 is 3.50. The molecule has 4 nitrogen and oxygen atoms in total. The van der Waals surface area contributed by atoms with Crippen molar-refractivity contribution in [2.75, 3.05) is 25.1 Å². The fourth-order valence-electron chi connectivity index (χ4n) is 1.21. The summed E-state index contributed by atoms with van der Waals surface area (Å²) in [5.41, 5.74) is 0. The summed E-state index contributed by atoms with van der Waals surface area (Å²) in [6.07, 6.45) is 3.36. The van der Waals surface area contributed by atoms with E-state index in [1.807, 2.05) is 18.9 Å². The molecule has 1 unspecified atom stereocenters. The second kappa shape index (κ2) is 5.90. The maximum Gasteiger partial charge on any atom is 0.234 e. The molecule has 1 heterocycles. The molecule has 0 radical (unpaired) electrons. The first-order valence-corrected chi connectivity index (χ1v) is 5.85. The molecule has 0 bridgehead atoms. The van der Waals surface area contributed by atoms with E-state index >= 15 is 0 Å². The van der Waals surface area contributed by atoms with Gasteiger partial charge < -0.3 is 9.64 Å². The van der Waals surface area contributed by atoms with E-state index in [-0.39, 0.29) is 0 Å². The predicted octanol–water partition coefficient (Wildman–Crippen LogP) is 2.09. The van der Waals surface area contributed by atoms with Crippen LogP contribution in [0.15, 0.2) is 12.4 Å². The zero-order chi connectivity index (χ0) is 11.3. The fourth-order valence-corrected chi connectivity index (χ4v) is 1.64. The second-order valence-electron chi connectivity index (χ2n) is 3.31. The third-order valence-corrected chi connectivity index (χ3v) is 2.10. The number of anilines is 1. The summed E-state index contributed by atoms with van der Waals surface area (Å²) in [7, 11) is 1.98. The highest BCUT2D eigenvalue weighted by Crippen LogP contribution is 2.13. The highest BCUT2D eigenvalue weighted by molar-refractivity contribution is 9.09. The summed E-state index contributed by atoms with van der Waals surface area (Å²) in [5, 5.41) is 0. The second-order valence-corrected chi connectivity index (χ2v) is 4.87. The maximum atomic E-state index is 5.29. The lowest BCUT2D eigenvalue weighted by atomic mass is 10.4. The van der Waals surface area contributed by atoms with Crippen LogP contribution in [-0.2, 0) is 0 Å². The van der Waals surface area contributed by atoms with E-state index < -0.39 is 0 Å². The van der Waals surface area contributed by atoms with Crippen LogP contribution >= 0.6 is 15.9 Å². The maximum absolute atomic E-state index is 5.29. The Hall–Kier alpha value is -0.840. The van der Waals surface area contributed by atoms with Gasteiger partial charge in [0.1, 0.15) is 0 Å². The number of nitrogens with zero attached hydrogens (tertiary/aromatic N) is 3. The van der Waals surface area contributed by atoms with E-state index in [2.05, 4.69) is 32.8 Å². The third kappa shape index (κ3) is 4.03. The normalized spacial score (nSPS) is 12.3. The van der Waals surface area contributed by atoms with Crippen molar-refractivity contribution in [1.29, 1.82) is 0 Å². The van der Waals surface area contributed by atoms with Crippen LogP contribution in [0.3, 0.4) is 0 Å². The Morgan fingerprint density at radius 3 is 2.87 bits per heavy atom. The van der Waals surface area contributed by atoms with E-state index in [1.54, 1.807) is 12.4 Å². The Morgan fingerprint density at radius 1 is 1.53 bits per heavy atom. The number of aromatic nitrogens is 2. The summed E-state index contributed by atoms with van der Waals surface area (Å²) < 4.78 is 5.29. The van der Waals surface area contributed by atoms with Crippen molar-refractivity contribution in [1.82, 2.24) is 9.97 Å². The summed E-state index contributed by atoms with van der Waals surface area (Å²) in [5.74, 6) is 1.40. The largest absolute Gasteiger partial charge is 0.477 e. The van der Waals surface area contributed by atoms with Crippen molar-refractivity contribution in [2.24, 2.45) is 0 Å². The minimum Gasteiger partial charge on any atom is -0.477 e. The molecule has 0 fully saturated rings. The number of halogens is 1. The van der Waals surface area contributed by atoms with Crippen molar-refractivity contribution >= 4 is 21.7 Å². The van der Waals surface area contributed by atoms with Crippen LogP contribution in [0.2, 0.25) is 0 Å². The molecule has 0 spiro atoms. The van der Waals surface area contributed by atoms with E-state index in [0.29, 0.717) is 17.3 Å². The Balaban J connectivity index is 2.71. The van der Waals surface area contributed by atoms with Crippen LogP contribution in [-0.4, -0.2) is 35.0 Å². The van der Waals surface area contributed by atoms with Gasteiger partial charge in [-0.1, -0.05) is 22.9 Å². The number of ether oxygens (including phenoxy) is 1. The molecule has 0 saturated heterocycles. The average Bonchev–Trinajstić information content (AvgIpc) is 2.17. The molecule has 1 rings (SSSR count). The van der Waals surface area contributed by atoms with E-state index in [1.165, 1.54) is 0 Å². The van der Waals surface area contributed by atoms with Gasteiger partial charge in [-0.15, -0.1) is 0 Å². The summed E-state index contributed by atoms with van der Waals surface area (Å²) in [4.78, 5) is 10.9. The number of alkyl halides is 1. The highest BCUT2D eigenvalue weighted by atomic mass is 79.9. The van der Waals surface area contributed by atoms with Crippen LogP contribution in [0.5, 0.6) is 5.88 Å². The van der Waals surface area contributed by atoms with E-state index in [4.69, 9.17) is 4.74 Å². The van der Waals surface area contributed by atoms with Gasteiger partial charge in [0.15, 0.2) is 5.82 Å². The first-order valence-electron chi connectivity index (χ1n) is 4.93. The van der Waals surface area contributed by atoms with Gasteiger partial charge in [-0.05, 0) is 6.92 Å². The van der Waals surface area contributed by atoms with Crippen LogP contribution in [0.4, 0.5) is 5.82 Å². The Bertz CT molecular complexity index is 306. The zero-order valence-electron chi connectivity index (χ0n) is 9.27. The molecule has 1 aromatic heterocycles. The van der Waals surface area contributed by atoms with Gasteiger partial charge in [-0.2, -0.15) is 4.98 Å². The minimum absolute atomic E-state index is 0.417. The number of hydrogen-bond acceptors (Lipinski definition) is 4. The Morgan fingerprint density at radius 2 is 2.27 bits per heavy atom. The fraction of sp³-hybridized carbons (Fsp3) is 0.600. The topological polar surface area (TPSA) is 38.2 Å². The number of rotatable bonds is 5. The molecule has 5 heteroatoms. The van der Waals surface area contributed by atoms with Crippen molar-refractivity contribution in [3.63, 3.8) is 0 Å². The standard InChI is InChI=1S/C10H16BrN3O/c1-4-15-10-6-12-5-9(13-10)14(3)7-8(2)11/h5-6,8H,4,7H2,1-3H3. The molecular formula is C10H16BrN3O. The van der Waals surface area contributed by atoms with Gasteiger partial charge in [0.2, 0.25) is 5.88 Å². The average molecular weight is 274 g/mol. The van der Waals surface area contributed by atoms with Crippen LogP contribution in [0.1, 0.15) is 13.8 Å². The van der Waals surface area contributed by atoms with Gasteiger partial charge in [0, 0.05) is 18.4 Å². The first-order chi connectivity index (χ1) is 7.13. The molecule has 0 aromatic carbocycles. The van der Waals surface area contributed by atoms with Gasteiger partial charge in [-0.3, -0.25) is 4.98 Å². The molecule has 1 aromatic rings. The van der Waals surface area contributed by atoms with Crippen molar-refractivity contribution in [3.05, 3.63) is 12.4 Å². The minimum atomic E-state index is 0.417. The zero-order valence-corrected chi connectivity index (χ0v) is 10.9. The highest BCUT2D eigenvalue weighted by Gasteiger charge is 2.07. The van der Waals surface area contributed by atoms with Crippen molar-refractivity contribution in [3.8, 4) is 5.88 Å². The lowest BCUT2D eigenvalue weighted by Gasteiger charge is -2.19. The van der Waals surface area contributed by atoms with Gasteiger partial charge in [-0.25, -0.2) is 0 Å². The van der Waals surface area contributed by atoms with E-state index in [0.717, 1.165) is 12.4 Å². The van der Waals surface area contributed by atoms with E-state index in [9.17, 15) is 0 Å². The van der Waals surface area contributed by atoms with Gasteiger partial charge in [0.25, 0.3) is 0 Å². The molecule has 0 saturated carbocycles. The third-order valence-electron chi connectivity index (χ3n) is 1.81. The Labute approximate surface area is 98.8 Å². The van der Waals surface area contributed by atoms with Crippen LogP contribution in [0.25, 0.3) is 0 Å². The van der Waals surface area contributed by atoms with Gasteiger partial charge in [0.05, 0.1) is 19.0 Å². The molecule has 0 N–H and O–H groups in total. The Kier molecular flexibility index (Phi) is 4.81. The number of hydrogen-bond donors (Lipinski definition) is 0. The lowest BCUT2D eigenvalue weighted by molar-refractivity contribution is 0.325. The summed E-state index contributed by atoms with van der Waals surface area (Å²) in [6, 6.07) is 0. The van der Waals surface area contributed by atoms with Crippen molar-refractivity contribution in [2.45, 2.75) is 18.7 Å². The molecule has 0 aliphatic carbocycles. The van der Waals surface area contributed by atoms with Crippen LogP contribution in [0, 0.1) is 0 Å². The molecule has 15 heavy (non-hydrogen) atoms. The molecule has 0 aliphatic heterocycles. The quantitative estimate of drug-likeness (QED) is 0.771. The summed E-state index contributed by atoms with van der Waals surface area (Å²) in [6.45, 7) is 5.51. The molecule has 0 amide bonds. The predicted molar refractivity (Wildman–Crippen MR) is 64.9 cm³/mol. The van der Waals surface area contributed by atoms with Crippen LogP contribution < -0.4 is 9.64 Å². The SMILES string of the molecule is CCOc1cncc(N(C)CC(C)Br)n1. The smallest absolute Gasteiger partial charge is 0.234 e.